The van der Waals surface area contributed by atoms with Crippen molar-refractivity contribution >= 4 is 11.9 Å². The van der Waals surface area contributed by atoms with E-state index in [0.717, 1.165) is 5.69 Å². The second kappa shape index (κ2) is 4.97. The van der Waals surface area contributed by atoms with Gasteiger partial charge in [-0.05, 0) is 36.8 Å². The fourth-order valence-corrected chi connectivity index (χ4v) is 2.03. The molecular formula is C14H13NO4. The molecule has 0 saturated heterocycles. The van der Waals surface area contributed by atoms with Crippen LogP contribution in [0.25, 0.3) is 5.69 Å². The lowest BCUT2D eigenvalue weighted by Gasteiger charge is -2.09. The maximum atomic E-state index is 11.1. The molecule has 2 rings (SSSR count). The van der Waals surface area contributed by atoms with Crippen LogP contribution in [0, 0.1) is 0 Å². The van der Waals surface area contributed by atoms with Crippen molar-refractivity contribution in [2.24, 2.45) is 0 Å². The average molecular weight is 259 g/mol. The molecule has 0 aliphatic carbocycles. The highest BCUT2D eigenvalue weighted by atomic mass is 16.4. The van der Waals surface area contributed by atoms with Gasteiger partial charge in [0.25, 0.3) is 0 Å². The number of aromatic carboxylic acids is 2. The molecule has 5 heteroatoms. The third-order valence-corrected chi connectivity index (χ3v) is 2.95. The molecule has 98 valence electrons. The molecule has 1 aromatic heterocycles. The van der Waals surface area contributed by atoms with Gasteiger partial charge in [-0.15, -0.1) is 0 Å². The monoisotopic (exact) mass is 259 g/mol. The highest BCUT2D eigenvalue weighted by molar-refractivity contribution is 5.89. The summed E-state index contributed by atoms with van der Waals surface area (Å²) in [5.41, 5.74) is 1.90. The Balaban J connectivity index is 2.47. The van der Waals surface area contributed by atoms with Crippen molar-refractivity contribution in [3.05, 3.63) is 53.3 Å². The number of benzene rings is 1. The minimum absolute atomic E-state index is 0.201. The summed E-state index contributed by atoms with van der Waals surface area (Å²) in [7, 11) is 0. The van der Waals surface area contributed by atoms with Gasteiger partial charge in [0.05, 0.1) is 11.1 Å². The van der Waals surface area contributed by atoms with E-state index in [9.17, 15) is 9.59 Å². The Bertz CT molecular complexity index is 625. The maximum absolute atomic E-state index is 11.1. The maximum Gasteiger partial charge on any atom is 0.337 e. The number of carboxylic acid groups (broad SMARTS) is 2. The van der Waals surface area contributed by atoms with Crippen LogP contribution in [0.1, 0.15) is 33.3 Å². The van der Waals surface area contributed by atoms with Gasteiger partial charge in [0.1, 0.15) is 0 Å². The third-order valence-electron chi connectivity index (χ3n) is 2.95. The van der Waals surface area contributed by atoms with E-state index in [1.807, 2.05) is 6.92 Å². The normalized spacial score (nSPS) is 10.4. The zero-order valence-electron chi connectivity index (χ0n) is 10.3. The van der Waals surface area contributed by atoms with Crippen LogP contribution >= 0.6 is 0 Å². The van der Waals surface area contributed by atoms with Crippen molar-refractivity contribution in [3.63, 3.8) is 0 Å². The van der Waals surface area contributed by atoms with E-state index in [-0.39, 0.29) is 11.1 Å². The molecule has 1 aromatic carbocycles. The topological polar surface area (TPSA) is 79.5 Å². The molecule has 2 N–H and O–H groups in total. The molecule has 0 unspecified atom stereocenters. The second-order valence-electron chi connectivity index (χ2n) is 4.06. The largest absolute Gasteiger partial charge is 0.478 e. The van der Waals surface area contributed by atoms with Crippen molar-refractivity contribution in [2.45, 2.75) is 13.3 Å². The van der Waals surface area contributed by atoms with Gasteiger partial charge in [-0.3, -0.25) is 0 Å². The zero-order valence-corrected chi connectivity index (χ0v) is 10.3. The van der Waals surface area contributed by atoms with Crippen LogP contribution in [0.3, 0.4) is 0 Å². The SMILES string of the molecule is CCc1c(C(=O)O)ccn1-c1ccc(C(=O)O)cc1. The van der Waals surface area contributed by atoms with Crippen molar-refractivity contribution in [1.82, 2.24) is 4.57 Å². The molecule has 19 heavy (non-hydrogen) atoms. The Kier molecular flexibility index (Phi) is 3.37. The standard InChI is InChI=1S/C14H13NO4/c1-2-12-11(14(18)19)7-8-15(12)10-5-3-9(4-6-10)13(16)17/h3-8H,2H2,1H3,(H,16,17)(H,18,19). The molecule has 5 nitrogen and oxygen atoms in total. The van der Waals surface area contributed by atoms with Gasteiger partial charge >= 0.3 is 11.9 Å². The van der Waals surface area contributed by atoms with Gasteiger partial charge in [0.15, 0.2) is 0 Å². The summed E-state index contributed by atoms with van der Waals surface area (Å²) in [5.74, 6) is -1.95. The summed E-state index contributed by atoms with van der Waals surface area (Å²) in [6, 6.07) is 7.86. The number of nitrogens with zero attached hydrogens (tertiary/aromatic N) is 1. The molecular weight excluding hydrogens is 246 g/mol. The quantitative estimate of drug-likeness (QED) is 0.883. The van der Waals surface area contributed by atoms with E-state index in [1.54, 1.807) is 29.0 Å². The van der Waals surface area contributed by atoms with E-state index >= 15 is 0 Å². The van der Waals surface area contributed by atoms with E-state index in [0.29, 0.717) is 12.1 Å². The van der Waals surface area contributed by atoms with Gasteiger partial charge in [-0.2, -0.15) is 0 Å². The first-order chi connectivity index (χ1) is 9.04. The van der Waals surface area contributed by atoms with Crippen LogP contribution < -0.4 is 0 Å². The molecule has 2 aromatic rings. The Labute approximate surface area is 109 Å². The lowest BCUT2D eigenvalue weighted by atomic mass is 10.2. The summed E-state index contributed by atoms with van der Waals surface area (Å²) >= 11 is 0. The summed E-state index contributed by atoms with van der Waals surface area (Å²) in [6.07, 6.45) is 2.26. The Hall–Kier alpha value is -2.56. The lowest BCUT2D eigenvalue weighted by molar-refractivity contribution is 0.0685. The van der Waals surface area contributed by atoms with Crippen LogP contribution in [0.4, 0.5) is 0 Å². The predicted octanol–water partition coefficient (Wildman–Crippen LogP) is 2.44. The second-order valence-corrected chi connectivity index (χ2v) is 4.06. The number of hydrogen-bond acceptors (Lipinski definition) is 2. The van der Waals surface area contributed by atoms with Crippen LogP contribution in [-0.2, 0) is 6.42 Å². The smallest absolute Gasteiger partial charge is 0.337 e. The number of rotatable bonds is 4. The molecule has 0 amide bonds. The lowest BCUT2D eigenvalue weighted by Crippen LogP contribution is -2.05. The van der Waals surface area contributed by atoms with Crippen molar-refractivity contribution < 1.29 is 19.8 Å². The van der Waals surface area contributed by atoms with E-state index in [4.69, 9.17) is 10.2 Å². The van der Waals surface area contributed by atoms with E-state index < -0.39 is 11.9 Å². The molecule has 1 heterocycles. The van der Waals surface area contributed by atoms with Gasteiger partial charge in [-0.1, -0.05) is 6.92 Å². The Morgan fingerprint density at radius 3 is 2.16 bits per heavy atom. The summed E-state index contributed by atoms with van der Waals surface area (Å²) in [5, 5.41) is 17.9. The van der Waals surface area contributed by atoms with E-state index in [2.05, 4.69) is 0 Å². The molecule has 0 fully saturated rings. The molecule has 0 aliphatic rings. The minimum atomic E-state index is -0.985. The van der Waals surface area contributed by atoms with Gasteiger partial charge in [0, 0.05) is 17.6 Å². The van der Waals surface area contributed by atoms with Crippen molar-refractivity contribution in [1.29, 1.82) is 0 Å². The minimum Gasteiger partial charge on any atom is -0.478 e. The summed E-state index contributed by atoms with van der Waals surface area (Å²) in [6.45, 7) is 1.88. The van der Waals surface area contributed by atoms with Gasteiger partial charge in [-0.25, -0.2) is 9.59 Å². The highest BCUT2D eigenvalue weighted by Gasteiger charge is 2.14. The number of aromatic nitrogens is 1. The van der Waals surface area contributed by atoms with Gasteiger partial charge < -0.3 is 14.8 Å². The number of carboxylic acids is 2. The molecule has 0 bridgehead atoms. The van der Waals surface area contributed by atoms with Crippen molar-refractivity contribution in [2.75, 3.05) is 0 Å². The third kappa shape index (κ3) is 2.35. The fourth-order valence-electron chi connectivity index (χ4n) is 2.03. The van der Waals surface area contributed by atoms with Crippen LogP contribution in [-0.4, -0.2) is 26.7 Å². The summed E-state index contributed by atoms with van der Waals surface area (Å²) < 4.78 is 1.76. The fraction of sp³-hybridized carbons (Fsp3) is 0.143. The molecule has 0 aliphatic heterocycles. The van der Waals surface area contributed by atoms with Crippen LogP contribution in [0.15, 0.2) is 36.5 Å². The predicted molar refractivity (Wildman–Crippen MR) is 69.1 cm³/mol. The number of carbonyl (C=O) groups is 2. The van der Waals surface area contributed by atoms with E-state index in [1.165, 1.54) is 12.1 Å². The first kappa shape index (κ1) is 12.9. The molecule has 0 spiro atoms. The highest BCUT2D eigenvalue weighted by Crippen LogP contribution is 2.18. The molecule has 0 saturated carbocycles. The first-order valence-corrected chi connectivity index (χ1v) is 5.81. The van der Waals surface area contributed by atoms with Gasteiger partial charge in [0.2, 0.25) is 0 Å². The zero-order chi connectivity index (χ0) is 14.0. The van der Waals surface area contributed by atoms with Crippen LogP contribution in [0.2, 0.25) is 0 Å². The van der Waals surface area contributed by atoms with Crippen LogP contribution in [0.5, 0.6) is 0 Å². The summed E-state index contributed by atoms with van der Waals surface area (Å²) in [4.78, 5) is 21.9. The van der Waals surface area contributed by atoms with Crippen molar-refractivity contribution in [3.8, 4) is 5.69 Å². The Morgan fingerprint density at radius 2 is 1.68 bits per heavy atom. The molecule has 0 atom stereocenters. The molecule has 0 radical (unpaired) electrons. The number of hydrogen-bond donors (Lipinski definition) is 2. The Morgan fingerprint density at radius 1 is 1.05 bits per heavy atom. The first-order valence-electron chi connectivity index (χ1n) is 5.81. The average Bonchev–Trinajstić information content (AvgIpc) is 2.82.